The van der Waals surface area contributed by atoms with E-state index in [-0.39, 0.29) is 31.2 Å². The Morgan fingerprint density at radius 3 is 2.17 bits per heavy atom. The predicted octanol–water partition coefficient (Wildman–Crippen LogP) is -0.365. The van der Waals surface area contributed by atoms with Crippen LogP contribution in [0.2, 0.25) is 0 Å². The van der Waals surface area contributed by atoms with E-state index < -0.39 is 52.3 Å². The lowest BCUT2D eigenvalue weighted by Gasteiger charge is -2.26. The van der Waals surface area contributed by atoms with Crippen molar-refractivity contribution < 1.29 is 41.4 Å². The van der Waals surface area contributed by atoms with E-state index in [1.165, 1.54) is 4.31 Å². The molecule has 160 valence electrons. The van der Waals surface area contributed by atoms with Gasteiger partial charge in [-0.25, -0.2) is 12.8 Å². The van der Waals surface area contributed by atoms with Crippen molar-refractivity contribution in [2.24, 2.45) is 0 Å². The first-order valence-corrected chi connectivity index (χ1v) is 9.95. The first-order chi connectivity index (χ1) is 13.7. The van der Waals surface area contributed by atoms with Crippen LogP contribution < -0.4 is 0 Å². The van der Waals surface area contributed by atoms with Crippen molar-refractivity contribution in [2.75, 3.05) is 53.6 Å². The van der Waals surface area contributed by atoms with Gasteiger partial charge in [-0.3, -0.25) is 14.4 Å². The second-order valence-electron chi connectivity index (χ2n) is 5.97. The largest absolute Gasteiger partial charge is 0.468 e. The molecule has 29 heavy (non-hydrogen) atoms. The molecule has 1 saturated heterocycles. The van der Waals surface area contributed by atoms with Crippen molar-refractivity contribution in [2.45, 2.75) is 4.90 Å². The molecule has 0 saturated carbocycles. The van der Waals surface area contributed by atoms with E-state index in [0.717, 1.165) is 32.4 Å². The molecule has 10 nitrogen and oxygen atoms in total. The van der Waals surface area contributed by atoms with E-state index in [1.807, 2.05) is 0 Å². The van der Waals surface area contributed by atoms with Gasteiger partial charge < -0.3 is 19.1 Å². The Bertz CT molecular complexity index is 865. The third kappa shape index (κ3) is 5.49. The van der Waals surface area contributed by atoms with E-state index in [4.69, 9.17) is 4.74 Å². The molecule has 1 aromatic rings. The fraction of sp³-hybridized carbons (Fsp3) is 0.471. The topological polar surface area (TPSA) is 120 Å². The quantitative estimate of drug-likeness (QED) is 0.536. The SMILES string of the molecule is COC(=O)CN(CC(=O)OC)C(=O)c1cc(S(=O)(=O)N2CCOCC2)ccc1F. The lowest BCUT2D eigenvalue weighted by molar-refractivity contribution is -0.144. The Morgan fingerprint density at radius 2 is 1.66 bits per heavy atom. The van der Waals surface area contributed by atoms with Gasteiger partial charge in [-0.2, -0.15) is 4.31 Å². The number of morpholine rings is 1. The number of halogens is 1. The highest BCUT2D eigenvalue weighted by atomic mass is 32.2. The summed E-state index contributed by atoms with van der Waals surface area (Å²) in [6.07, 6.45) is 0. The average Bonchev–Trinajstić information content (AvgIpc) is 2.73. The number of carbonyl (C=O) groups excluding carboxylic acids is 3. The van der Waals surface area contributed by atoms with Gasteiger partial charge >= 0.3 is 11.9 Å². The van der Waals surface area contributed by atoms with E-state index in [1.54, 1.807) is 0 Å². The number of esters is 2. The molecule has 1 fully saturated rings. The van der Waals surface area contributed by atoms with E-state index >= 15 is 0 Å². The van der Waals surface area contributed by atoms with Gasteiger partial charge in [0.1, 0.15) is 18.9 Å². The summed E-state index contributed by atoms with van der Waals surface area (Å²) < 4.78 is 55.1. The van der Waals surface area contributed by atoms with Crippen LogP contribution in [0.5, 0.6) is 0 Å². The standard InChI is InChI=1S/C17H21FN2O8S/c1-26-15(21)10-19(11-16(22)27-2)17(23)13-9-12(3-4-14(13)18)29(24,25)20-5-7-28-8-6-20/h3-4,9H,5-8,10-11H2,1-2H3. The third-order valence-electron chi connectivity index (χ3n) is 4.16. The van der Waals surface area contributed by atoms with Crippen molar-refractivity contribution in [3.8, 4) is 0 Å². The van der Waals surface area contributed by atoms with Gasteiger partial charge in [0.2, 0.25) is 10.0 Å². The molecule has 1 heterocycles. The number of nitrogens with zero attached hydrogens (tertiary/aromatic N) is 2. The van der Waals surface area contributed by atoms with Gasteiger partial charge in [0.05, 0.1) is 37.9 Å². The molecule has 0 atom stereocenters. The van der Waals surface area contributed by atoms with Crippen LogP contribution in [-0.2, 0) is 33.8 Å². The molecule has 1 aromatic carbocycles. The number of hydrogen-bond donors (Lipinski definition) is 0. The molecule has 0 radical (unpaired) electrons. The molecule has 0 N–H and O–H groups in total. The lowest BCUT2D eigenvalue weighted by atomic mass is 10.2. The highest BCUT2D eigenvalue weighted by Gasteiger charge is 2.30. The Labute approximate surface area is 167 Å². The maximum Gasteiger partial charge on any atom is 0.325 e. The van der Waals surface area contributed by atoms with E-state index in [9.17, 15) is 27.2 Å². The molecular formula is C17H21FN2O8S. The van der Waals surface area contributed by atoms with Crippen LogP contribution in [0.3, 0.4) is 0 Å². The van der Waals surface area contributed by atoms with Crippen LogP contribution in [0, 0.1) is 5.82 Å². The zero-order valence-corrected chi connectivity index (χ0v) is 16.7. The molecule has 1 amide bonds. The van der Waals surface area contributed by atoms with Crippen molar-refractivity contribution in [3.05, 3.63) is 29.6 Å². The summed E-state index contributed by atoms with van der Waals surface area (Å²) in [4.78, 5) is 36.3. The predicted molar refractivity (Wildman–Crippen MR) is 95.9 cm³/mol. The molecule has 0 unspecified atom stereocenters. The Hall–Kier alpha value is -2.57. The highest BCUT2D eigenvalue weighted by Crippen LogP contribution is 2.21. The summed E-state index contributed by atoms with van der Waals surface area (Å²) in [5.41, 5.74) is -0.604. The molecule has 0 aromatic heterocycles. The summed E-state index contributed by atoms with van der Waals surface area (Å²) in [6.45, 7) is -0.606. The molecule has 0 aliphatic carbocycles. The van der Waals surface area contributed by atoms with Gasteiger partial charge in [0.25, 0.3) is 5.91 Å². The average molecular weight is 432 g/mol. The maximum atomic E-state index is 14.3. The minimum absolute atomic E-state index is 0.125. The summed E-state index contributed by atoms with van der Waals surface area (Å²) in [5.74, 6) is -3.76. The number of rotatable bonds is 7. The van der Waals surface area contributed by atoms with Crippen LogP contribution in [0.25, 0.3) is 0 Å². The number of sulfonamides is 1. The smallest absolute Gasteiger partial charge is 0.325 e. The van der Waals surface area contributed by atoms with Crippen molar-refractivity contribution in [1.29, 1.82) is 0 Å². The maximum absolute atomic E-state index is 14.3. The first-order valence-electron chi connectivity index (χ1n) is 8.51. The third-order valence-corrected chi connectivity index (χ3v) is 6.05. The summed E-state index contributed by atoms with van der Waals surface area (Å²) in [7, 11) is -1.82. The van der Waals surface area contributed by atoms with Crippen molar-refractivity contribution in [1.82, 2.24) is 9.21 Å². The normalized spacial score (nSPS) is 14.9. The summed E-state index contributed by atoms with van der Waals surface area (Å²) >= 11 is 0. The molecular weight excluding hydrogens is 411 g/mol. The van der Waals surface area contributed by atoms with Crippen LogP contribution in [0.15, 0.2) is 23.1 Å². The van der Waals surface area contributed by atoms with Gasteiger partial charge in [0.15, 0.2) is 0 Å². The number of hydrogen-bond acceptors (Lipinski definition) is 8. The van der Waals surface area contributed by atoms with Crippen LogP contribution in [-0.4, -0.2) is 89.1 Å². The number of methoxy groups -OCH3 is 2. The highest BCUT2D eigenvalue weighted by molar-refractivity contribution is 7.89. The first kappa shape index (κ1) is 22.7. The number of ether oxygens (including phenoxy) is 3. The van der Waals surface area contributed by atoms with Crippen LogP contribution in [0.1, 0.15) is 10.4 Å². The zero-order chi connectivity index (χ0) is 21.6. The number of carbonyl (C=O) groups is 3. The second-order valence-corrected chi connectivity index (χ2v) is 7.91. The van der Waals surface area contributed by atoms with E-state index in [0.29, 0.717) is 4.90 Å². The van der Waals surface area contributed by atoms with Gasteiger partial charge in [0, 0.05) is 13.1 Å². The fourth-order valence-corrected chi connectivity index (χ4v) is 4.01. The number of amides is 1. The Balaban J connectivity index is 2.38. The van der Waals surface area contributed by atoms with Crippen LogP contribution in [0.4, 0.5) is 4.39 Å². The molecule has 1 aliphatic heterocycles. The van der Waals surface area contributed by atoms with Gasteiger partial charge in [-0.1, -0.05) is 0 Å². The minimum atomic E-state index is -3.98. The second kappa shape index (κ2) is 9.76. The molecule has 0 bridgehead atoms. The zero-order valence-electron chi connectivity index (χ0n) is 15.9. The molecule has 0 spiro atoms. The Kier molecular flexibility index (Phi) is 7.65. The monoisotopic (exact) mass is 432 g/mol. The molecule has 12 heteroatoms. The number of benzene rings is 1. The fourth-order valence-electron chi connectivity index (χ4n) is 2.58. The van der Waals surface area contributed by atoms with Gasteiger partial charge in [-0.15, -0.1) is 0 Å². The van der Waals surface area contributed by atoms with E-state index in [2.05, 4.69) is 9.47 Å². The molecule has 1 aliphatic rings. The van der Waals surface area contributed by atoms with Crippen LogP contribution >= 0.6 is 0 Å². The molecule has 2 rings (SSSR count). The van der Waals surface area contributed by atoms with Gasteiger partial charge in [-0.05, 0) is 18.2 Å². The van der Waals surface area contributed by atoms with Crippen molar-refractivity contribution >= 4 is 27.9 Å². The Morgan fingerprint density at radius 1 is 1.10 bits per heavy atom. The summed E-state index contributed by atoms with van der Waals surface area (Å²) in [6, 6.07) is 2.76. The summed E-state index contributed by atoms with van der Waals surface area (Å²) in [5, 5.41) is 0. The minimum Gasteiger partial charge on any atom is -0.468 e. The lowest BCUT2D eigenvalue weighted by Crippen LogP contribution is -2.41. The van der Waals surface area contributed by atoms with Crippen molar-refractivity contribution in [3.63, 3.8) is 0 Å².